The van der Waals surface area contributed by atoms with E-state index in [0.29, 0.717) is 23.5 Å². The van der Waals surface area contributed by atoms with Crippen molar-refractivity contribution in [3.05, 3.63) is 15.5 Å². The van der Waals surface area contributed by atoms with Crippen LogP contribution in [0.3, 0.4) is 0 Å². The van der Waals surface area contributed by atoms with Gasteiger partial charge in [0.2, 0.25) is 0 Å². The molecule has 0 saturated heterocycles. The Balaban J connectivity index is 2.54. The largest absolute Gasteiger partial charge is 0.481 e. The van der Waals surface area contributed by atoms with Crippen LogP contribution >= 0.6 is 22.9 Å². The molecular weight excluding hydrogens is 248 g/mol. The number of rotatable bonds is 6. The Morgan fingerprint density at radius 2 is 2.38 bits per heavy atom. The second-order valence-electron chi connectivity index (χ2n) is 3.77. The molecule has 4 nitrogen and oxygen atoms in total. The molecule has 90 valence electrons. The quantitative estimate of drug-likeness (QED) is 0.856. The Morgan fingerprint density at radius 1 is 1.69 bits per heavy atom. The summed E-state index contributed by atoms with van der Waals surface area (Å²) in [5, 5.41) is 9.57. The number of halogens is 1. The van der Waals surface area contributed by atoms with Crippen molar-refractivity contribution in [1.82, 2.24) is 9.88 Å². The highest BCUT2D eigenvalue weighted by Gasteiger charge is 2.13. The summed E-state index contributed by atoms with van der Waals surface area (Å²) in [5.41, 5.74) is 0. The zero-order chi connectivity index (χ0) is 12.1. The Bertz CT molecular complexity index is 354. The highest BCUT2D eigenvalue weighted by molar-refractivity contribution is 7.15. The van der Waals surface area contributed by atoms with Gasteiger partial charge in [-0.25, -0.2) is 4.98 Å². The molecule has 0 amide bonds. The van der Waals surface area contributed by atoms with Crippen LogP contribution in [-0.2, 0) is 11.3 Å². The van der Waals surface area contributed by atoms with E-state index in [2.05, 4.69) is 9.88 Å². The molecule has 6 heteroatoms. The second-order valence-corrected chi connectivity index (χ2v) is 5.51. The third-order valence-corrected chi connectivity index (χ3v) is 3.31. The first-order valence-corrected chi connectivity index (χ1v) is 6.24. The van der Waals surface area contributed by atoms with Gasteiger partial charge in [0.25, 0.3) is 0 Å². The fourth-order valence-corrected chi connectivity index (χ4v) is 2.28. The number of thiazole rings is 1. The second kappa shape index (κ2) is 6.18. The number of carbonyl (C=O) groups is 1. The van der Waals surface area contributed by atoms with E-state index in [0.717, 1.165) is 5.01 Å². The molecule has 0 aliphatic carbocycles. The lowest BCUT2D eigenvalue weighted by atomic mass is 10.3. The molecule has 0 aromatic carbocycles. The first kappa shape index (κ1) is 13.4. The third-order valence-electron chi connectivity index (χ3n) is 2.21. The van der Waals surface area contributed by atoms with Gasteiger partial charge in [0.15, 0.2) is 0 Å². The Hall–Kier alpha value is -0.650. The van der Waals surface area contributed by atoms with Gasteiger partial charge in [0.1, 0.15) is 9.34 Å². The molecular formula is C10H15ClN2O2S. The van der Waals surface area contributed by atoms with Crippen LogP contribution in [0.1, 0.15) is 25.3 Å². The van der Waals surface area contributed by atoms with E-state index in [1.54, 1.807) is 6.20 Å². The van der Waals surface area contributed by atoms with E-state index >= 15 is 0 Å². The maximum absolute atomic E-state index is 10.5. The van der Waals surface area contributed by atoms with Gasteiger partial charge in [0, 0.05) is 12.6 Å². The van der Waals surface area contributed by atoms with Crippen LogP contribution in [0, 0.1) is 0 Å². The van der Waals surface area contributed by atoms with Gasteiger partial charge in [-0.15, -0.1) is 11.3 Å². The Morgan fingerprint density at radius 3 is 2.81 bits per heavy atom. The topological polar surface area (TPSA) is 53.4 Å². The van der Waals surface area contributed by atoms with Crippen LogP contribution < -0.4 is 0 Å². The van der Waals surface area contributed by atoms with Gasteiger partial charge in [-0.05, 0) is 13.8 Å². The first-order valence-electron chi connectivity index (χ1n) is 5.05. The normalized spacial score (nSPS) is 11.3. The van der Waals surface area contributed by atoms with E-state index in [1.807, 2.05) is 13.8 Å². The SMILES string of the molecule is CC(C)N(CCC(=O)O)Cc1ncc(Cl)s1. The summed E-state index contributed by atoms with van der Waals surface area (Å²) in [6, 6.07) is 0.294. The van der Waals surface area contributed by atoms with Gasteiger partial charge < -0.3 is 5.11 Å². The molecule has 0 atom stereocenters. The molecule has 0 saturated carbocycles. The summed E-state index contributed by atoms with van der Waals surface area (Å²) in [4.78, 5) is 16.8. The van der Waals surface area contributed by atoms with Gasteiger partial charge in [0.05, 0.1) is 19.2 Å². The van der Waals surface area contributed by atoms with Gasteiger partial charge >= 0.3 is 5.97 Å². The zero-order valence-electron chi connectivity index (χ0n) is 9.31. The highest BCUT2D eigenvalue weighted by Crippen LogP contribution is 2.20. The molecule has 0 radical (unpaired) electrons. The standard InChI is InChI=1S/C10H15ClN2O2S/c1-7(2)13(4-3-10(14)15)6-9-12-5-8(11)16-9/h5,7H,3-4,6H2,1-2H3,(H,14,15). The van der Waals surface area contributed by atoms with Gasteiger partial charge in [-0.1, -0.05) is 11.6 Å². The molecule has 0 spiro atoms. The van der Waals surface area contributed by atoms with Gasteiger partial charge in [-0.2, -0.15) is 0 Å². The summed E-state index contributed by atoms with van der Waals surface area (Å²) in [6.45, 7) is 5.26. The molecule has 0 unspecified atom stereocenters. The average Bonchev–Trinajstić information content (AvgIpc) is 2.57. The van der Waals surface area contributed by atoms with E-state index in [4.69, 9.17) is 16.7 Å². The third kappa shape index (κ3) is 4.47. The van der Waals surface area contributed by atoms with E-state index in [-0.39, 0.29) is 6.42 Å². The molecule has 1 aromatic heterocycles. The highest BCUT2D eigenvalue weighted by atomic mass is 35.5. The number of hydrogen-bond acceptors (Lipinski definition) is 4. The van der Waals surface area contributed by atoms with Crippen molar-refractivity contribution >= 4 is 28.9 Å². The maximum atomic E-state index is 10.5. The summed E-state index contributed by atoms with van der Waals surface area (Å²) >= 11 is 7.23. The van der Waals surface area contributed by atoms with Crippen molar-refractivity contribution in [3.8, 4) is 0 Å². The fourth-order valence-electron chi connectivity index (χ4n) is 1.29. The summed E-state index contributed by atoms with van der Waals surface area (Å²) in [6.07, 6.45) is 1.77. The number of nitrogens with zero attached hydrogens (tertiary/aromatic N) is 2. The number of carboxylic acids is 1. The minimum absolute atomic E-state index is 0.150. The molecule has 0 bridgehead atoms. The molecule has 0 fully saturated rings. The van der Waals surface area contributed by atoms with Crippen LogP contribution in [0.5, 0.6) is 0 Å². The zero-order valence-corrected chi connectivity index (χ0v) is 10.9. The predicted molar refractivity (Wildman–Crippen MR) is 64.9 cm³/mol. The monoisotopic (exact) mass is 262 g/mol. The van der Waals surface area contributed by atoms with E-state index in [1.165, 1.54) is 11.3 Å². The lowest BCUT2D eigenvalue weighted by molar-refractivity contribution is -0.137. The van der Waals surface area contributed by atoms with Crippen LogP contribution in [0.4, 0.5) is 0 Å². The minimum atomic E-state index is -0.775. The molecule has 16 heavy (non-hydrogen) atoms. The molecule has 1 heterocycles. The lowest BCUT2D eigenvalue weighted by Gasteiger charge is -2.24. The average molecular weight is 263 g/mol. The van der Waals surface area contributed by atoms with Crippen molar-refractivity contribution in [3.63, 3.8) is 0 Å². The minimum Gasteiger partial charge on any atom is -0.481 e. The summed E-state index contributed by atoms with van der Waals surface area (Å²) in [7, 11) is 0. The molecule has 1 aromatic rings. The van der Waals surface area contributed by atoms with Gasteiger partial charge in [-0.3, -0.25) is 9.69 Å². The van der Waals surface area contributed by atoms with Crippen molar-refractivity contribution in [2.24, 2.45) is 0 Å². The molecule has 1 N–H and O–H groups in total. The first-order chi connectivity index (χ1) is 7.49. The summed E-state index contributed by atoms with van der Waals surface area (Å²) < 4.78 is 0.664. The lowest BCUT2D eigenvalue weighted by Crippen LogP contribution is -2.32. The number of aromatic nitrogens is 1. The van der Waals surface area contributed by atoms with Crippen LogP contribution in [0.15, 0.2) is 6.20 Å². The van der Waals surface area contributed by atoms with E-state index < -0.39 is 5.97 Å². The van der Waals surface area contributed by atoms with Crippen molar-refractivity contribution in [1.29, 1.82) is 0 Å². The molecule has 0 aliphatic heterocycles. The van der Waals surface area contributed by atoms with E-state index in [9.17, 15) is 4.79 Å². The van der Waals surface area contributed by atoms with Crippen LogP contribution in [0.2, 0.25) is 4.34 Å². The fraction of sp³-hybridized carbons (Fsp3) is 0.600. The smallest absolute Gasteiger partial charge is 0.304 e. The number of carboxylic acid groups (broad SMARTS) is 1. The van der Waals surface area contributed by atoms with Crippen molar-refractivity contribution < 1.29 is 9.90 Å². The van der Waals surface area contributed by atoms with Crippen LogP contribution in [-0.4, -0.2) is 33.5 Å². The predicted octanol–water partition coefficient (Wildman–Crippen LogP) is 2.48. The maximum Gasteiger partial charge on any atom is 0.304 e. The Labute approximate surface area is 104 Å². The molecule has 0 aliphatic rings. The molecule has 1 rings (SSSR count). The van der Waals surface area contributed by atoms with Crippen LogP contribution in [0.25, 0.3) is 0 Å². The number of aliphatic carboxylic acids is 1. The van der Waals surface area contributed by atoms with Crippen molar-refractivity contribution in [2.45, 2.75) is 32.9 Å². The Kier molecular flexibility index (Phi) is 5.18. The van der Waals surface area contributed by atoms with Crippen molar-refractivity contribution in [2.75, 3.05) is 6.54 Å². The summed E-state index contributed by atoms with van der Waals surface area (Å²) in [5.74, 6) is -0.775. The number of hydrogen-bond donors (Lipinski definition) is 1.